The Morgan fingerprint density at radius 3 is 2.79 bits per heavy atom. The molecule has 0 saturated carbocycles. The molecule has 0 saturated heterocycles. The highest BCUT2D eigenvalue weighted by atomic mass is 32.2. The SMILES string of the molecule is Cn1nccc1C(=O)Nc1cc(Sc2nc3ccccc3s2)cc([N+](=O)[O-])c1. The van der Waals surface area contributed by atoms with Crippen LogP contribution in [0.3, 0.4) is 0 Å². The number of nitro benzene ring substituents is 1. The van der Waals surface area contributed by atoms with Crippen LogP contribution in [0.15, 0.2) is 64.0 Å². The quantitative estimate of drug-likeness (QED) is 0.387. The summed E-state index contributed by atoms with van der Waals surface area (Å²) in [6.45, 7) is 0. The summed E-state index contributed by atoms with van der Waals surface area (Å²) in [4.78, 5) is 28.4. The predicted octanol–water partition coefficient (Wildman–Crippen LogP) is 4.34. The van der Waals surface area contributed by atoms with Gasteiger partial charge in [-0.05, 0) is 24.3 Å². The monoisotopic (exact) mass is 411 g/mol. The molecule has 0 atom stereocenters. The Morgan fingerprint density at radius 1 is 1.25 bits per heavy atom. The summed E-state index contributed by atoms with van der Waals surface area (Å²) >= 11 is 2.83. The molecule has 4 aromatic rings. The van der Waals surface area contributed by atoms with Crippen LogP contribution >= 0.6 is 23.1 Å². The lowest BCUT2D eigenvalue weighted by atomic mass is 10.2. The highest BCUT2D eigenvalue weighted by Gasteiger charge is 2.16. The molecule has 2 aromatic carbocycles. The number of para-hydroxylation sites is 1. The largest absolute Gasteiger partial charge is 0.320 e. The summed E-state index contributed by atoms with van der Waals surface area (Å²) in [5, 5.41) is 18.0. The maximum atomic E-state index is 12.4. The van der Waals surface area contributed by atoms with Crippen LogP contribution in [0.1, 0.15) is 10.5 Å². The molecule has 2 aromatic heterocycles. The molecular formula is C18H13N5O3S2. The number of rotatable bonds is 5. The second-order valence-corrected chi connectivity index (χ2v) is 8.17. The first-order valence-electron chi connectivity index (χ1n) is 8.12. The molecule has 0 radical (unpaired) electrons. The average Bonchev–Trinajstić information content (AvgIpc) is 3.26. The molecule has 0 aliphatic carbocycles. The minimum Gasteiger partial charge on any atom is -0.320 e. The maximum absolute atomic E-state index is 12.4. The normalized spacial score (nSPS) is 10.9. The van der Waals surface area contributed by atoms with Crippen molar-refractivity contribution in [2.45, 2.75) is 9.24 Å². The second kappa shape index (κ2) is 7.41. The van der Waals surface area contributed by atoms with E-state index < -0.39 is 10.8 Å². The number of carbonyl (C=O) groups is 1. The van der Waals surface area contributed by atoms with E-state index in [0.29, 0.717) is 16.3 Å². The third-order valence-electron chi connectivity index (χ3n) is 3.89. The molecule has 1 N–H and O–H groups in total. The van der Waals surface area contributed by atoms with Crippen LogP contribution in [0.4, 0.5) is 11.4 Å². The van der Waals surface area contributed by atoms with Crippen molar-refractivity contribution in [2.75, 3.05) is 5.32 Å². The summed E-state index contributed by atoms with van der Waals surface area (Å²) in [7, 11) is 1.65. The first-order valence-corrected chi connectivity index (χ1v) is 9.75. The Hall–Kier alpha value is -3.24. The van der Waals surface area contributed by atoms with Crippen molar-refractivity contribution in [1.29, 1.82) is 0 Å². The molecule has 4 rings (SSSR count). The maximum Gasteiger partial charge on any atom is 0.273 e. The van der Waals surface area contributed by atoms with E-state index in [1.165, 1.54) is 46.1 Å². The van der Waals surface area contributed by atoms with E-state index in [1.807, 2.05) is 24.3 Å². The highest BCUT2D eigenvalue weighted by molar-refractivity contribution is 8.01. The van der Waals surface area contributed by atoms with Crippen LogP contribution in [0, 0.1) is 10.1 Å². The van der Waals surface area contributed by atoms with Gasteiger partial charge in [-0.1, -0.05) is 23.9 Å². The van der Waals surface area contributed by atoms with Gasteiger partial charge in [0, 0.05) is 36.0 Å². The number of benzene rings is 2. The van der Waals surface area contributed by atoms with Gasteiger partial charge in [0.15, 0.2) is 4.34 Å². The third kappa shape index (κ3) is 3.73. The van der Waals surface area contributed by atoms with Crippen molar-refractivity contribution in [3.8, 4) is 0 Å². The van der Waals surface area contributed by atoms with Crippen LogP contribution in [0.2, 0.25) is 0 Å². The van der Waals surface area contributed by atoms with Crippen molar-refractivity contribution < 1.29 is 9.72 Å². The van der Waals surface area contributed by atoms with Crippen molar-refractivity contribution in [1.82, 2.24) is 14.8 Å². The first kappa shape index (κ1) is 18.1. The third-order valence-corrected chi connectivity index (χ3v) is 5.96. The van der Waals surface area contributed by atoms with Gasteiger partial charge in [-0.3, -0.25) is 19.6 Å². The van der Waals surface area contributed by atoms with Crippen molar-refractivity contribution in [2.24, 2.45) is 7.05 Å². The van der Waals surface area contributed by atoms with E-state index >= 15 is 0 Å². The summed E-state index contributed by atoms with van der Waals surface area (Å²) in [6.07, 6.45) is 1.51. The van der Waals surface area contributed by atoms with Crippen molar-refractivity contribution >= 4 is 50.6 Å². The predicted molar refractivity (Wildman–Crippen MR) is 108 cm³/mol. The number of aromatic nitrogens is 3. The van der Waals surface area contributed by atoms with E-state index in [9.17, 15) is 14.9 Å². The molecular weight excluding hydrogens is 398 g/mol. The smallest absolute Gasteiger partial charge is 0.273 e. The van der Waals surface area contributed by atoms with Gasteiger partial charge in [0.2, 0.25) is 0 Å². The molecule has 28 heavy (non-hydrogen) atoms. The lowest BCUT2D eigenvalue weighted by Crippen LogP contribution is -2.16. The van der Waals surface area contributed by atoms with E-state index in [2.05, 4.69) is 15.4 Å². The topological polar surface area (TPSA) is 103 Å². The van der Waals surface area contributed by atoms with E-state index in [4.69, 9.17) is 0 Å². The van der Waals surface area contributed by atoms with Crippen LogP contribution in [-0.2, 0) is 7.05 Å². The number of fused-ring (bicyclic) bond motifs is 1. The second-order valence-electron chi connectivity index (χ2n) is 5.82. The molecule has 0 aliphatic rings. The number of nitro groups is 1. The Morgan fingerprint density at radius 2 is 2.07 bits per heavy atom. The Bertz CT molecular complexity index is 1170. The molecule has 1 amide bonds. The zero-order valence-electron chi connectivity index (χ0n) is 14.5. The number of nitrogens with zero attached hydrogens (tertiary/aromatic N) is 4. The number of amides is 1. The molecule has 0 unspecified atom stereocenters. The van der Waals surface area contributed by atoms with E-state index in [-0.39, 0.29) is 5.69 Å². The summed E-state index contributed by atoms with van der Waals surface area (Å²) in [5.74, 6) is -0.392. The van der Waals surface area contributed by atoms with Crippen LogP contribution in [-0.4, -0.2) is 25.6 Å². The fourth-order valence-electron chi connectivity index (χ4n) is 2.61. The fraction of sp³-hybridized carbons (Fsp3) is 0.0556. The molecule has 0 spiro atoms. The number of hydrogen-bond acceptors (Lipinski definition) is 7. The number of non-ortho nitro benzene ring substituents is 1. The molecule has 0 fully saturated rings. The van der Waals surface area contributed by atoms with Crippen LogP contribution < -0.4 is 5.32 Å². The molecule has 140 valence electrons. The van der Waals surface area contributed by atoms with Gasteiger partial charge in [0.05, 0.1) is 15.1 Å². The zero-order chi connectivity index (χ0) is 19.7. The first-order chi connectivity index (χ1) is 13.5. The summed E-state index contributed by atoms with van der Waals surface area (Å²) in [5.41, 5.74) is 1.47. The van der Waals surface area contributed by atoms with Gasteiger partial charge < -0.3 is 5.32 Å². The van der Waals surface area contributed by atoms with Gasteiger partial charge in [0.25, 0.3) is 11.6 Å². The number of carbonyl (C=O) groups excluding carboxylic acids is 1. The number of hydrogen-bond donors (Lipinski definition) is 1. The fourth-order valence-corrected chi connectivity index (χ4v) is 4.74. The van der Waals surface area contributed by atoms with Gasteiger partial charge in [-0.15, -0.1) is 11.3 Å². The summed E-state index contributed by atoms with van der Waals surface area (Å²) < 4.78 is 3.24. The highest BCUT2D eigenvalue weighted by Crippen LogP contribution is 2.37. The zero-order valence-corrected chi connectivity index (χ0v) is 16.2. The number of thiazole rings is 1. The average molecular weight is 411 g/mol. The number of nitrogens with one attached hydrogen (secondary N) is 1. The molecule has 0 bridgehead atoms. The van der Waals surface area contributed by atoms with Gasteiger partial charge >= 0.3 is 0 Å². The van der Waals surface area contributed by atoms with Crippen LogP contribution in [0.25, 0.3) is 10.2 Å². The lowest BCUT2D eigenvalue weighted by molar-refractivity contribution is -0.385. The molecule has 8 nitrogen and oxygen atoms in total. The lowest BCUT2D eigenvalue weighted by Gasteiger charge is -2.07. The van der Waals surface area contributed by atoms with Crippen molar-refractivity contribution in [3.05, 3.63) is 70.5 Å². The van der Waals surface area contributed by atoms with Gasteiger partial charge in [-0.25, -0.2) is 4.98 Å². The Balaban J connectivity index is 1.64. The summed E-state index contributed by atoms with van der Waals surface area (Å²) in [6, 6.07) is 13.8. The minimum absolute atomic E-state index is 0.105. The molecule has 10 heteroatoms. The molecule has 0 aliphatic heterocycles. The Kier molecular flexibility index (Phi) is 4.80. The van der Waals surface area contributed by atoms with E-state index in [0.717, 1.165) is 14.6 Å². The number of anilines is 1. The van der Waals surface area contributed by atoms with E-state index in [1.54, 1.807) is 19.2 Å². The van der Waals surface area contributed by atoms with Crippen molar-refractivity contribution in [3.63, 3.8) is 0 Å². The number of aryl methyl sites for hydroxylation is 1. The van der Waals surface area contributed by atoms with Gasteiger partial charge in [-0.2, -0.15) is 5.10 Å². The standard InChI is InChI=1S/C18H13N5O3S2/c1-22-15(6-7-19-22)17(24)20-11-8-12(23(25)26)10-13(9-11)27-18-21-14-4-2-3-5-16(14)28-18/h2-10H,1H3,(H,20,24). The minimum atomic E-state index is -0.484. The van der Waals surface area contributed by atoms with Crippen LogP contribution in [0.5, 0.6) is 0 Å². The van der Waals surface area contributed by atoms with Gasteiger partial charge in [0.1, 0.15) is 5.69 Å². The molecule has 2 heterocycles. The Labute approximate surface area is 167 Å².